The van der Waals surface area contributed by atoms with Crippen molar-refractivity contribution < 1.29 is 9.18 Å². The van der Waals surface area contributed by atoms with Crippen LogP contribution in [0.25, 0.3) is 11.0 Å². The Kier molecular flexibility index (Phi) is 4.52. The van der Waals surface area contributed by atoms with E-state index in [0.29, 0.717) is 16.9 Å². The summed E-state index contributed by atoms with van der Waals surface area (Å²) in [7, 11) is 0. The first-order valence-electron chi connectivity index (χ1n) is 6.93. The number of nitrogens with zero attached hydrogens (tertiary/aromatic N) is 2. The maximum absolute atomic E-state index is 13.3. The van der Waals surface area contributed by atoms with E-state index in [2.05, 4.69) is 10.3 Å². The highest BCUT2D eigenvalue weighted by Crippen LogP contribution is 2.28. The van der Waals surface area contributed by atoms with Crippen LogP contribution in [-0.4, -0.2) is 21.5 Å². The Hall–Kier alpha value is -1.62. The van der Waals surface area contributed by atoms with E-state index in [1.165, 1.54) is 12.1 Å². The van der Waals surface area contributed by atoms with E-state index in [9.17, 15) is 9.18 Å². The lowest BCUT2D eigenvalue weighted by atomic mass is 10.2. The Morgan fingerprint density at radius 3 is 2.57 bits per heavy atom. The van der Waals surface area contributed by atoms with Crippen LogP contribution in [0.1, 0.15) is 44.9 Å². The van der Waals surface area contributed by atoms with E-state index < -0.39 is 6.04 Å². The molecule has 0 radical (unpaired) electrons. The second-order valence-electron chi connectivity index (χ2n) is 5.43. The van der Waals surface area contributed by atoms with Crippen molar-refractivity contribution in [1.82, 2.24) is 14.9 Å². The number of amides is 1. The number of aromatic nitrogens is 2. The molecule has 0 spiro atoms. The number of imidazole rings is 1. The first-order chi connectivity index (χ1) is 9.81. The van der Waals surface area contributed by atoms with Crippen molar-refractivity contribution >= 4 is 28.5 Å². The number of hydrogen-bond acceptors (Lipinski definition) is 2. The number of carbonyl (C=O) groups excluding carboxylic acids is 1. The second-order valence-corrected chi connectivity index (χ2v) is 6.08. The topological polar surface area (TPSA) is 46.9 Å². The fourth-order valence-corrected chi connectivity index (χ4v) is 2.45. The summed E-state index contributed by atoms with van der Waals surface area (Å²) in [6.45, 7) is 7.36. The normalized spacial score (nSPS) is 14.4. The summed E-state index contributed by atoms with van der Waals surface area (Å²) in [5, 5.41) is 2.49. The van der Waals surface area contributed by atoms with Gasteiger partial charge >= 0.3 is 0 Å². The Labute approximate surface area is 128 Å². The molecule has 0 bridgehead atoms. The molecule has 0 saturated heterocycles. The summed E-state index contributed by atoms with van der Waals surface area (Å²) in [6.07, 6.45) is 0. The fraction of sp³-hybridized carbons (Fsp3) is 0.467. The third-order valence-electron chi connectivity index (χ3n) is 3.23. The molecule has 1 aromatic heterocycles. The minimum Gasteiger partial charge on any atom is -0.352 e. The van der Waals surface area contributed by atoms with Crippen molar-refractivity contribution in [2.24, 2.45) is 0 Å². The number of hydrogen-bond donors (Lipinski definition) is 1. The van der Waals surface area contributed by atoms with Gasteiger partial charge in [0.25, 0.3) is 0 Å². The summed E-state index contributed by atoms with van der Waals surface area (Å²) in [6, 6.07) is 3.90. The quantitative estimate of drug-likeness (QED) is 0.878. The van der Waals surface area contributed by atoms with Crippen molar-refractivity contribution in [3.63, 3.8) is 0 Å². The minimum atomic E-state index is -0.473. The minimum absolute atomic E-state index is 0.0454. The molecule has 4 nitrogen and oxygen atoms in total. The maximum atomic E-state index is 13.3. The number of nitrogens with one attached hydrogen (secondary N) is 1. The molecule has 0 saturated carbocycles. The summed E-state index contributed by atoms with van der Waals surface area (Å²) >= 11 is 6.17. The zero-order valence-electron chi connectivity index (χ0n) is 12.5. The monoisotopic (exact) mass is 311 g/mol. The molecule has 1 N–H and O–H groups in total. The van der Waals surface area contributed by atoms with Crippen LogP contribution >= 0.6 is 11.6 Å². The molecule has 0 aliphatic rings. The van der Waals surface area contributed by atoms with Crippen LogP contribution in [0.15, 0.2) is 18.2 Å². The van der Waals surface area contributed by atoms with E-state index in [0.717, 1.165) is 0 Å². The van der Waals surface area contributed by atoms with Gasteiger partial charge < -0.3 is 9.88 Å². The molecular formula is C15H19ClFN3O. The smallest absolute Gasteiger partial charge is 0.243 e. The molecule has 1 heterocycles. The zero-order chi connectivity index (χ0) is 15.7. The molecule has 21 heavy (non-hydrogen) atoms. The zero-order valence-corrected chi connectivity index (χ0v) is 13.3. The largest absolute Gasteiger partial charge is 0.352 e. The molecule has 0 aliphatic heterocycles. The molecule has 1 aromatic carbocycles. The number of fused-ring (bicyclic) bond motifs is 1. The number of alkyl halides is 1. The highest BCUT2D eigenvalue weighted by atomic mass is 35.5. The van der Waals surface area contributed by atoms with Crippen LogP contribution in [0, 0.1) is 5.82 Å². The highest BCUT2D eigenvalue weighted by Gasteiger charge is 2.24. The Bertz CT molecular complexity index is 666. The van der Waals surface area contributed by atoms with Crippen LogP contribution in [0.3, 0.4) is 0 Å². The van der Waals surface area contributed by atoms with Gasteiger partial charge in [-0.3, -0.25) is 4.79 Å². The predicted molar refractivity (Wildman–Crippen MR) is 81.9 cm³/mol. The molecule has 2 aromatic rings. The highest BCUT2D eigenvalue weighted by molar-refractivity contribution is 6.20. The standard InChI is InChI=1S/C15H19ClFN3O/c1-8(2)18-15(21)10(4)20-13-6-5-11(17)7-12(13)19-14(20)9(3)16/h5-10H,1-4H3,(H,18,21). The summed E-state index contributed by atoms with van der Waals surface area (Å²) in [5.41, 5.74) is 1.20. The van der Waals surface area contributed by atoms with Gasteiger partial charge in [0.2, 0.25) is 5.91 Å². The lowest BCUT2D eigenvalue weighted by molar-refractivity contribution is -0.124. The molecule has 1 amide bonds. The average molecular weight is 312 g/mol. The molecule has 2 unspecified atom stereocenters. The molecule has 0 aliphatic carbocycles. The van der Waals surface area contributed by atoms with Crippen LogP contribution in [0.2, 0.25) is 0 Å². The van der Waals surface area contributed by atoms with Gasteiger partial charge in [-0.05, 0) is 39.8 Å². The number of benzene rings is 1. The summed E-state index contributed by atoms with van der Waals surface area (Å²) in [5.74, 6) is 0.0797. The van der Waals surface area contributed by atoms with Crippen molar-refractivity contribution in [3.05, 3.63) is 29.8 Å². The number of halogens is 2. The van der Waals surface area contributed by atoms with E-state index >= 15 is 0 Å². The Morgan fingerprint density at radius 2 is 2.00 bits per heavy atom. The third kappa shape index (κ3) is 3.18. The van der Waals surface area contributed by atoms with Gasteiger partial charge in [-0.2, -0.15) is 0 Å². The molecule has 2 atom stereocenters. The van der Waals surface area contributed by atoms with Crippen LogP contribution in [0.4, 0.5) is 4.39 Å². The Balaban J connectivity index is 2.54. The van der Waals surface area contributed by atoms with Gasteiger partial charge in [-0.15, -0.1) is 11.6 Å². The summed E-state index contributed by atoms with van der Waals surface area (Å²) in [4.78, 5) is 16.6. The molecule has 2 rings (SSSR count). The lowest BCUT2D eigenvalue weighted by Crippen LogP contribution is -2.36. The average Bonchev–Trinajstić information content (AvgIpc) is 2.75. The van der Waals surface area contributed by atoms with E-state index in [-0.39, 0.29) is 23.1 Å². The molecular weight excluding hydrogens is 293 g/mol. The van der Waals surface area contributed by atoms with Gasteiger partial charge in [-0.1, -0.05) is 0 Å². The van der Waals surface area contributed by atoms with E-state index in [1.54, 1.807) is 24.5 Å². The number of carbonyl (C=O) groups is 1. The third-order valence-corrected chi connectivity index (χ3v) is 3.43. The van der Waals surface area contributed by atoms with Crippen molar-refractivity contribution in [2.75, 3.05) is 0 Å². The Morgan fingerprint density at radius 1 is 1.33 bits per heavy atom. The van der Waals surface area contributed by atoms with Gasteiger partial charge in [0.05, 0.1) is 16.4 Å². The number of rotatable bonds is 4. The van der Waals surface area contributed by atoms with Crippen LogP contribution < -0.4 is 5.32 Å². The predicted octanol–water partition coefficient (Wildman–Crippen LogP) is 3.56. The van der Waals surface area contributed by atoms with Gasteiger partial charge in [-0.25, -0.2) is 9.37 Å². The second kappa shape index (κ2) is 6.02. The van der Waals surface area contributed by atoms with E-state index in [1.807, 2.05) is 13.8 Å². The van der Waals surface area contributed by atoms with Crippen molar-refractivity contribution in [3.8, 4) is 0 Å². The lowest BCUT2D eigenvalue weighted by Gasteiger charge is -2.19. The summed E-state index contributed by atoms with van der Waals surface area (Å²) < 4.78 is 15.1. The molecule has 114 valence electrons. The maximum Gasteiger partial charge on any atom is 0.243 e. The first kappa shape index (κ1) is 15.8. The van der Waals surface area contributed by atoms with Crippen LogP contribution in [-0.2, 0) is 4.79 Å². The van der Waals surface area contributed by atoms with Crippen LogP contribution in [0.5, 0.6) is 0 Å². The van der Waals surface area contributed by atoms with Crippen molar-refractivity contribution in [2.45, 2.75) is 45.2 Å². The SMILES string of the molecule is CC(C)NC(=O)C(C)n1c(C(C)Cl)nc2cc(F)ccc21. The fourth-order valence-electron chi connectivity index (χ4n) is 2.30. The first-order valence-corrected chi connectivity index (χ1v) is 7.36. The van der Waals surface area contributed by atoms with E-state index in [4.69, 9.17) is 11.6 Å². The van der Waals surface area contributed by atoms with Gasteiger partial charge in [0.15, 0.2) is 0 Å². The molecule has 0 fully saturated rings. The van der Waals surface area contributed by atoms with Gasteiger partial charge in [0, 0.05) is 12.1 Å². The van der Waals surface area contributed by atoms with Gasteiger partial charge in [0.1, 0.15) is 17.7 Å². The molecule has 6 heteroatoms. The van der Waals surface area contributed by atoms with Crippen molar-refractivity contribution in [1.29, 1.82) is 0 Å².